The summed E-state index contributed by atoms with van der Waals surface area (Å²) in [5.74, 6) is 1.53. The predicted molar refractivity (Wildman–Crippen MR) is 96.3 cm³/mol. The Morgan fingerprint density at radius 1 is 1.36 bits per heavy atom. The van der Waals surface area contributed by atoms with Gasteiger partial charge in [-0.15, -0.1) is 0 Å². The lowest BCUT2D eigenvalue weighted by Gasteiger charge is -2.16. The molecule has 4 rings (SSSR count). The topological polar surface area (TPSA) is 110 Å². The van der Waals surface area contributed by atoms with Gasteiger partial charge in [0.2, 0.25) is 5.95 Å². The van der Waals surface area contributed by atoms with E-state index in [0.717, 1.165) is 24.6 Å². The molecule has 3 aromatic heterocycles. The van der Waals surface area contributed by atoms with E-state index in [1.807, 2.05) is 6.07 Å². The van der Waals surface area contributed by atoms with Gasteiger partial charge >= 0.3 is 0 Å². The van der Waals surface area contributed by atoms with E-state index >= 15 is 0 Å². The fourth-order valence-corrected chi connectivity index (χ4v) is 3.61. The molecule has 3 heterocycles. The monoisotopic (exact) mass is 359 g/mol. The Morgan fingerprint density at radius 3 is 3.00 bits per heavy atom. The zero-order valence-corrected chi connectivity index (χ0v) is 14.2. The first kappa shape index (κ1) is 16.1. The largest absolute Gasteiger partial charge is 0.456 e. The molecule has 0 saturated heterocycles. The van der Waals surface area contributed by atoms with Crippen molar-refractivity contribution in [2.24, 2.45) is 5.92 Å². The molecule has 1 fully saturated rings. The first-order valence-corrected chi connectivity index (χ1v) is 8.56. The number of halogens is 1. The molecule has 0 amide bonds. The molecular weight excluding hydrogens is 342 g/mol. The van der Waals surface area contributed by atoms with Crippen molar-refractivity contribution in [3.63, 3.8) is 0 Å². The van der Waals surface area contributed by atoms with Gasteiger partial charge in [-0.2, -0.15) is 4.98 Å². The molecule has 1 saturated carbocycles. The van der Waals surface area contributed by atoms with Crippen LogP contribution in [0.25, 0.3) is 22.3 Å². The summed E-state index contributed by atoms with van der Waals surface area (Å²) in [7, 11) is 0. The number of nitrogens with one attached hydrogen (secondary N) is 1. The second-order valence-electron chi connectivity index (χ2n) is 6.32. The van der Waals surface area contributed by atoms with Crippen molar-refractivity contribution in [1.82, 2.24) is 15.0 Å². The maximum Gasteiger partial charge on any atom is 0.223 e. The van der Waals surface area contributed by atoms with E-state index in [4.69, 9.17) is 21.8 Å². The molecule has 0 aliphatic heterocycles. The number of aromatic nitrogens is 3. The van der Waals surface area contributed by atoms with Crippen LogP contribution in [-0.2, 0) is 0 Å². The number of rotatable bonds is 4. The van der Waals surface area contributed by atoms with Crippen LogP contribution in [0.2, 0.25) is 5.15 Å². The number of nitrogen functional groups attached to an aromatic ring is 1. The second kappa shape index (κ2) is 6.50. The first-order chi connectivity index (χ1) is 12.1. The summed E-state index contributed by atoms with van der Waals surface area (Å²) in [6.45, 7) is 0.203. The van der Waals surface area contributed by atoms with Gasteiger partial charge in [0, 0.05) is 30.4 Å². The zero-order valence-electron chi connectivity index (χ0n) is 13.4. The number of anilines is 2. The Labute approximate surface area is 149 Å². The van der Waals surface area contributed by atoms with Crippen LogP contribution in [0.3, 0.4) is 0 Å². The van der Waals surface area contributed by atoms with Gasteiger partial charge in [0.1, 0.15) is 22.3 Å². The van der Waals surface area contributed by atoms with E-state index in [2.05, 4.69) is 20.3 Å². The number of aliphatic hydroxyl groups is 1. The lowest BCUT2D eigenvalue weighted by Crippen LogP contribution is -2.18. The summed E-state index contributed by atoms with van der Waals surface area (Å²) in [6, 6.07) is 3.85. The van der Waals surface area contributed by atoms with Gasteiger partial charge in [-0.05, 0) is 37.3 Å². The first-order valence-electron chi connectivity index (χ1n) is 8.18. The number of pyridine rings is 1. The average Bonchev–Trinajstić information content (AvgIpc) is 3.20. The van der Waals surface area contributed by atoms with Gasteiger partial charge in [0.05, 0.1) is 5.56 Å². The molecule has 0 spiro atoms. The van der Waals surface area contributed by atoms with Crippen LogP contribution in [0.15, 0.2) is 28.9 Å². The van der Waals surface area contributed by atoms with E-state index in [1.165, 1.54) is 0 Å². The number of nitrogens with two attached hydrogens (primary N) is 1. The average molecular weight is 360 g/mol. The molecule has 7 nitrogen and oxygen atoms in total. The summed E-state index contributed by atoms with van der Waals surface area (Å²) in [5, 5.41) is 13.8. The fraction of sp³-hybridized carbons (Fsp3) is 0.353. The van der Waals surface area contributed by atoms with Crippen LogP contribution >= 0.6 is 11.6 Å². The number of fused-ring (bicyclic) bond motifs is 1. The number of hydrogen-bond donors (Lipinski definition) is 3. The minimum absolute atomic E-state index is 0.103. The van der Waals surface area contributed by atoms with Crippen molar-refractivity contribution in [1.29, 1.82) is 0 Å². The van der Waals surface area contributed by atoms with Crippen LogP contribution in [0.4, 0.5) is 11.8 Å². The maximum absolute atomic E-state index is 9.34. The van der Waals surface area contributed by atoms with E-state index in [9.17, 15) is 5.11 Å². The van der Waals surface area contributed by atoms with Gasteiger partial charge < -0.3 is 20.6 Å². The van der Waals surface area contributed by atoms with Crippen LogP contribution < -0.4 is 11.1 Å². The Hall–Kier alpha value is -2.38. The van der Waals surface area contributed by atoms with Crippen LogP contribution in [0.5, 0.6) is 0 Å². The third-order valence-corrected chi connectivity index (χ3v) is 4.86. The molecule has 0 unspecified atom stereocenters. The molecule has 0 radical (unpaired) electrons. The molecule has 2 atom stereocenters. The predicted octanol–water partition coefficient (Wildman–Crippen LogP) is 3.09. The highest BCUT2D eigenvalue weighted by atomic mass is 35.5. The van der Waals surface area contributed by atoms with E-state index in [-0.39, 0.29) is 23.8 Å². The lowest BCUT2D eigenvalue weighted by molar-refractivity contribution is 0.229. The van der Waals surface area contributed by atoms with Gasteiger partial charge in [0.25, 0.3) is 0 Å². The smallest absolute Gasteiger partial charge is 0.223 e. The van der Waals surface area contributed by atoms with Crippen molar-refractivity contribution < 1.29 is 9.52 Å². The molecule has 25 heavy (non-hydrogen) atoms. The SMILES string of the molecule is Nc1nc(Cl)c(-c2cc3cnccc3o2)c(N[C@H]2CC[C@@H](CO)C2)n1. The third-order valence-electron chi connectivity index (χ3n) is 4.59. The Kier molecular flexibility index (Phi) is 4.19. The molecule has 0 aromatic carbocycles. The number of nitrogens with zero attached hydrogens (tertiary/aromatic N) is 3. The highest BCUT2D eigenvalue weighted by Crippen LogP contribution is 2.38. The summed E-state index contributed by atoms with van der Waals surface area (Å²) in [4.78, 5) is 12.5. The molecule has 4 N–H and O–H groups in total. The number of furan rings is 1. The number of aliphatic hydroxyl groups excluding tert-OH is 1. The van der Waals surface area contributed by atoms with Gasteiger partial charge in [0.15, 0.2) is 0 Å². The molecule has 1 aliphatic carbocycles. The van der Waals surface area contributed by atoms with Crippen molar-refractivity contribution >= 4 is 34.3 Å². The fourth-order valence-electron chi connectivity index (χ4n) is 3.35. The van der Waals surface area contributed by atoms with Gasteiger partial charge in [-0.1, -0.05) is 11.6 Å². The van der Waals surface area contributed by atoms with Crippen molar-refractivity contribution in [2.75, 3.05) is 17.7 Å². The molecule has 8 heteroatoms. The minimum atomic E-state index is 0.103. The van der Waals surface area contributed by atoms with Crippen LogP contribution in [-0.4, -0.2) is 32.7 Å². The van der Waals surface area contributed by atoms with Crippen molar-refractivity contribution in [3.8, 4) is 11.3 Å². The highest BCUT2D eigenvalue weighted by Gasteiger charge is 2.26. The van der Waals surface area contributed by atoms with E-state index in [0.29, 0.717) is 28.6 Å². The van der Waals surface area contributed by atoms with Gasteiger partial charge in [-0.3, -0.25) is 4.98 Å². The van der Waals surface area contributed by atoms with E-state index in [1.54, 1.807) is 18.5 Å². The van der Waals surface area contributed by atoms with Crippen LogP contribution in [0.1, 0.15) is 19.3 Å². The molecular formula is C17H18ClN5O2. The van der Waals surface area contributed by atoms with Gasteiger partial charge in [-0.25, -0.2) is 4.98 Å². The maximum atomic E-state index is 9.34. The molecule has 1 aliphatic rings. The summed E-state index contributed by atoms with van der Waals surface area (Å²) >= 11 is 6.35. The Bertz CT molecular complexity index is 880. The van der Waals surface area contributed by atoms with Crippen LogP contribution in [0, 0.1) is 5.92 Å². The van der Waals surface area contributed by atoms with Crippen molar-refractivity contribution in [2.45, 2.75) is 25.3 Å². The molecule has 0 bridgehead atoms. The van der Waals surface area contributed by atoms with E-state index < -0.39 is 0 Å². The quantitative estimate of drug-likeness (QED) is 0.614. The highest BCUT2D eigenvalue weighted by molar-refractivity contribution is 6.32. The van der Waals surface area contributed by atoms with Crippen molar-refractivity contribution in [3.05, 3.63) is 29.7 Å². The summed E-state index contributed by atoms with van der Waals surface area (Å²) < 4.78 is 5.90. The Balaban J connectivity index is 1.73. The summed E-state index contributed by atoms with van der Waals surface area (Å²) in [5.41, 5.74) is 7.08. The molecule has 130 valence electrons. The standard InChI is InChI=1S/C17H18ClN5O2/c18-15-14(13-6-10-7-20-4-3-12(10)25-13)16(23-17(19)22-15)21-11-2-1-9(5-11)8-24/h3-4,6-7,9,11,24H,1-2,5,8H2,(H3,19,21,22,23)/t9-,11+/m1/s1. The number of hydrogen-bond acceptors (Lipinski definition) is 7. The normalized spacial score (nSPS) is 20.2. The summed E-state index contributed by atoms with van der Waals surface area (Å²) in [6.07, 6.45) is 6.21. The molecule has 3 aromatic rings. The zero-order chi connectivity index (χ0) is 17.4. The third kappa shape index (κ3) is 3.12. The second-order valence-corrected chi connectivity index (χ2v) is 6.68. The Morgan fingerprint density at radius 2 is 2.24 bits per heavy atom. The minimum Gasteiger partial charge on any atom is -0.456 e. The lowest BCUT2D eigenvalue weighted by atomic mass is 10.1.